The first-order valence-electron chi connectivity index (χ1n) is 8.22. The second-order valence-electron chi connectivity index (χ2n) is 6.49. The Kier molecular flexibility index (Phi) is 6.08. The minimum Gasteiger partial charge on any atom is -0.481 e. The molecular formula is C17H22N2O6. The van der Waals surface area contributed by atoms with E-state index in [0.29, 0.717) is 18.4 Å². The van der Waals surface area contributed by atoms with Crippen molar-refractivity contribution in [1.82, 2.24) is 0 Å². The normalized spacial score (nSPS) is 17.5. The van der Waals surface area contributed by atoms with E-state index in [9.17, 15) is 24.8 Å². The predicted octanol–water partition coefficient (Wildman–Crippen LogP) is 2.33. The lowest BCUT2D eigenvalue weighted by molar-refractivity contribution is -0.763. The van der Waals surface area contributed by atoms with Crippen molar-refractivity contribution in [3.8, 4) is 0 Å². The van der Waals surface area contributed by atoms with Crippen LogP contribution >= 0.6 is 0 Å². The number of ketones is 1. The topological polar surface area (TPSA) is 133 Å². The number of carboxylic acid groups (broad SMARTS) is 1. The van der Waals surface area contributed by atoms with Crippen LogP contribution in [0.2, 0.25) is 0 Å². The number of aliphatic carboxylic acids is 1. The van der Waals surface area contributed by atoms with Crippen molar-refractivity contribution < 1.29 is 24.6 Å². The van der Waals surface area contributed by atoms with Crippen LogP contribution in [0.1, 0.15) is 54.4 Å². The van der Waals surface area contributed by atoms with E-state index >= 15 is 0 Å². The first-order valence-corrected chi connectivity index (χ1v) is 8.22. The number of nitrogens with two attached hydrogens (primary N) is 1. The Morgan fingerprint density at radius 1 is 1.28 bits per heavy atom. The number of carbonyl (C=O) groups excluding carboxylic acids is 1. The highest BCUT2D eigenvalue weighted by Crippen LogP contribution is 2.42. The summed E-state index contributed by atoms with van der Waals surface area (Å²) in [4.78, 5) is 39.1. The van der Waals surface area contributed by atoms with Crippen molar-refractivity contribution >= 4 is 11.8 Å². The second kappa shape index (κ2) is 8.06. The van der Waals surface area contributed by atoms with Crippen LogP contribution < -0.4 is 5.73 Å². The van der Waals surface area contributed by atoms with Gasteiger partial charge in [-0.1, -0.05) is 43.5 Å². The zero-order valence-corrected chi connectivity index (χ0v) is 13.8. The number of rotatable bonds is 8. The van der Waals surface area contributed by atoms with Crippen LogP contribution in [-0.2, 0) is 16.2 Å². The Morgan fingerprint density at radius 3 is 2.52 bits per heavy atom. The van der Waals surface area contributed by atoms with Crippen LogP contribution in [0.3, 0.4) is 0 Å². The summed E-state index contributed by atoms with van der Waals surface area (Å²) in [5.41, 5.74) is 6.07. The molecule has 0 aliphatic heterocycles. The summed E-state index contributed by atoms with van der Waals surface area (Å²) in [5, 5.41) is 18.8. The first kappa shape index (κ1) is 18.9. The summed E-state index contributed by atoms with van der Waals surface area (Å²) in [5.74, 6) is -1.37. The SMILES string of the molecule is NC(C(=O)c1ccccc1CO[N+](=O)[O-])C1(CC(=O)O)CCCCC1. The molecule has 1 aliphatic rings. The third-order valence-electron chi connectivity index (χ3n) is 4.90. The van der Waals surface area contributed by atoms with Crippen molar-refractivity contribution in [2.45, 2.75) is 51.2 Å². The number of hydrogen-bond acceptors (Lipinski definition) is 6. The second-order valence-corrected chi connectivity index (χ2v) is 6.49. The molecule has 8 nitrogen and oxygen atoms in total. The van der Waals surface area contributed by atoms with Crippen LogP contribution in [0.5, 0.6) is 0 Å². The van der Waals surface area contributed by atoms with Crippen LogP contribution in [-0.4, -0.2) is 28.0 Å². The van der Waals surface area contributed by atoms with Gasteiger partial charge >= 0.3 is 5.97 Å². The average molecular weight is 350 g/mol. The van der Waals surface area contributed by atoms with Gasteiger partial charge in [-0.05, 0) is 18.4 Å². The smallest absolute Gasteiger partial charge is 0.303 e. The summed E-state index contributed by atoms with van der Waals surface area (Å²) in [6, 6.07) is 5.42. The molecule has 1 aromatic carbocycles. The van der Waals surface area contributed by atoms with Crippen molar-refractivity contribution in [2.24, 2.45) is 11.1 Å². The van der Waals surface area contributed by atoms with Gasteiger partial charge in [-0.3, -0.25) is 9.59 Å². The molecule has 0 spiro atoms. The number of carboxylic acids is 1. The van der Waals surface area contributed by atoms with E-state index in [1.165, 1.54) is 6.07 Å². The molecule has 1 unspecified atom stereocenters. The molecular weight excluding hydrogens is 328 g/mol. The van der Waals surface area contributed by atoms with Gasteiger partial charge in [0.25, 0.3) is 5.09 Å². The van der Waals surface area contributed by atoms with E-state index in [-0.39, 0.29) is 18.6 Å². The fourth-order valence-electron chi connectivity index (χ4n) is 3.61. The van der Waals surface area contributed by atoms with Gasteiger partial charge < -0.3 is 15.7 Å². The highest BCUT2D eigenvalue weighted by Gasteiger charge is 2.43. The van der Waals surface area contributed by atoms with E-state index in [1.807, 2.05) is 0 Å². The van der Waals surface area contributed by atoms with Gasteiger partial charge in [0.2, 0.25) is 0 Å². The highest BCUT2D eigenvalue weighted by molar-refractivity contribution is 6.02. The van der Waals surface area contributed by atoms with Gasteiger partial charge in [0.1, 0.15) is 6.61 Å². The molecule has 0 aromatic heterocycles. The minimum atomic E-state index is -0.977. The minimum absolute atomic E-state index is 0.159. The highest BCUT2D eigenvalue weighted by atomic mass is 16.9. The van der Waals surface area contributed by atoms with Crippen LogP contribution in [0.4, 0.5) is 0 Å². The molecule has 3 N–H and O–H groups in total. The number of hydrogen-bond donors (Lipinski definition) is 2. The number of benzene rings is 1. The Hall–Kier alpha value is -2.48. The molecule has 1 aromatic rings. The number of nitrogens with zero attached hydrogens (tertiary/aromatic N) is 1. The predicted molar refractivity (Wildman–Crippen MR) is 88.3 cm³/mol. The monoisotopic (exact) mass is 350 g/mol. The maximum atomic E-state index is 13.0. The average Bonchev–Trinajstić information content (AvgIpc) is 2.59. The van der Waals surface area contributed by atoms with Crippen molar-refractivity contribution in [3.05, 3.63) is 45.5 Å². The van der Waals surface area contributed by atoms with Gasteiger partial charge in [0.05, 0.1) is 12.5 Å². The lowest BCUT2D eigenvalue weighted by Gasteiger charge is -2.40. The van der Waals surface area contributed by atoms with Gasteiger partial charge in [-0.25, -0.2) is 0 Å². The van der Waals surface area contributed by atoms with Crippen LogP contribution in [0, 0.1) is 15.5 Å². The van der Waals surface area contributed by atoms with Crippen LogP contribution in [0.15, 0.2) is 24.3 Å². The molecule has 0 saturated heterocycles. The molecule has 0 heterocycles. The van der Waals surface area contributed by atoms with E-state index in [0.717, 1.165) is 19.3 Å². The van der Waals surface area contributed by atoms with Crippen molar-refractivity contribution in [3.63, 3.8) is 0 Å². The fourth-order valence-corrected chi connectivity index (χ4v) is 3.61. The first-order chi connectivity index (χ1) is 11.9. The molecule has 1 fully saturated rings. The molecule has 1 aliphatic carbocycles. The maximum absolute atomic E-state index is 13.0. The third kappa shape index (κ3) is 4.54. The lowest BCUT2D eigenvalue weighted by atomic mass is 9.65. The van der Waals surface area contributed by atoms with Gasteiger partial charge in [-0.15, -0.1) is 10.1 Å². The molecule has 25 heavy (non-hydrogen) atoms. The maximum Gasteiger partial charge on any atom is 0.303 e. The van der Waals surface area contributed by atoms with E-state index < -0.39 is 28.3 Å². The quantitative estimate of drug-likeness (QED) is 0.417. The van der Waals surface area contributed by atoms with E-state index in [4.69, 9.17) is 5.73 Å². The molecule has 2 rings (SSSR count). The number of Topliss-reactive ketones (excluding diaryl/α,β-unsaturated/α-hetero) is 1. The largest absolute Gasteiger partial charge is 0.481 e. The number of carbonyl (C=O) groups is 2. The standard InChI is InChI=1S/C17H22N2O6/c18-16(17(10-14(20)21)8-4-1-5-9-17)15(22)13-7-3-2-6-12(13)11-25-19(23)24/h2-3,6-7,16H,1,4-5,8-11,18H2,(H,20,21). The summed E-state index contributed by atoms with van der Waals surface area (Å²) >= 11 is 0. The summed E-state index contributed by atoms with van der Waals surface area (Å²) in [7, 11) is 0. The van der Waals surface area contributed by atoms with E-state index in [1.54, 1.807) is 18.2 Å². The summed E-state index contributed by atoms with van der Waals surface area (Å²) in [6.45, 7) is -0.354. The van der Waals surface area contributed by atoms with Crippen molar-refractivity contribution in [1.29, 1.82) is 0 Å². The molecule has 0 amide bonds. The van der Waals surface area contributed by atoms with E-state index in [2.05, 4.69) is 4.84 Å². The van der Waals surface area contributed by atoms with Gasteiger partial charge in [0, 0.05) is 11.0 Å². The fraction of sp³-hybridized carbons (Fsp3) is 0.529. The Bertz CT molecular complexity index is 654. The molecule has 136 valence electrons. The van der Waals surface area contributed by atoms with Gasteiger partial charge in [0.15, 0.2) is 5.78 Å². The Balaban J connectivity index is 2.28. The summed E-state index contributed by atoms with van der Waals surface area (Å²) in [6.07, 6.45) is 3.67. The van der Waals surface area contributed by atoms with Gasteiger partial charge in [-0.2, -0.15) is 0 Å². The zero-order valence-electron chi connectivity index (χ0n) is 13.8. The zero-order chi connectivity index (χ0) is 18.4. The molecule has 1 saturated carbocycles. The Labute approximate surface area is 145 Å². The third-order valence-corrected chi connectivity index (χ3v) is 4.90. The van der Waals surface area contributed by atoms with Crippen molar-refractivity contribution in [2.75, 3.05) is 0 Å². The Morgan fingerprint density at radius 2 is 1.92 bits per heavy atom. The van der Waals surface area contributed by atoms with Crippen LogP contribution in [0.25, 0.3) is 0 Å². The molecule has 1 atom stereocenters. The summed E-state index contributed by atoms with van der Waals surface area (Å²) < 4.78 is 0. The molecule has 8 heteroatoms. The molecule has 0 radical (unpaired) electrons. The molecule has 0 bridgehead atoms. The lowest BCUT2D eigenvalue weighted by Crippen LogP contribution is -2.49.